The third-order valence-corrected chi connectivity index (χ3v) is 5.61. The van der Waals surface area contributed by atoms with Crippen molar-refractivity contribution in [3.8, 4) is 11.6 Å². The Kier molecular flexibility index (Phi) is 4.39. The first kappa shape index (κ1) is 17.4. The standard InChI is InChI=1S/C21H22FN3O3/c22-16-9-18(20(26)24-17-5-3-14(4-6-17)13-1-2-13)25(11-16)10-15-7-8-23-21-19(15)27-12-28-21/h3-8,13,16,18H,1-2,9-12H2,(H,24,26)/t16-,18+/m0/s1. The molecule has 0 unspecified atom stereocenters. The molecule has 28 heavy (non-hydrogen) atoms. The molecule has 1 saturated heterocycles. The number of amides is 1. The number of likely N-dealkylation sites (tertiary alicyclic amines) is 1. The van der Waals surface area contributed by atoms with Gasteiger partial charge in [0.05, 0.1) is 6.04 Å². The van der Waals surface area contributed by atoms with Crippen LogP contribution in [0.15, 0.2) is 36.5 Å². The minimum absolute atomic E-state index is 0.131. The van der Waals surface area contributed by atoms with Crippen LogP contribution in [-0.4, -0.2) is 41.3 Å². The zero-order valence-electron chi connectivity index (χ0n) is 15.4. The summed E-state index contributed by atoms with van der Waals surface area (Å²) in [5.74, 6) is 1.53. The predicted octanol–water partition coefficient (Wildman–Crippen LogP) is 3.24. The summed E-state index contributed by atoms with van der Waals surface area (Å²) in [7, 11) is 0. The SMILES string of the molecule is O=C(Nc1ccc(C2CC2)cc1)[C@H]1C[C@H](F)CN1Cc1ccnc2c1OCO2. The number of carbonyl (C=O) groups excluding carboxylic acids is 1. The Labute approximate surface area is 162 Å². The summed E-state index contributed by atoms with van der Waals surface area (Å²) in [4.78, 5) is 18.8. The molecule has 5 rings (SSSR count). The minimum atomic E-state index is -1.03. The molecule has 1 N–H and O–H groups in total. The van der Waals surface area contributed by atoms with E-state index >= 15 is 0 Å². The first-order chi connectivity index (χ1) is 13.7. The molecule has 1 saturated carbocycles. The molecule has 3 heterocycles. The van der Waals surface area contributed by atoms with E-state index in [1.165, 1.54) is 18.4 Å². The van der Waals surface area contributed by atoms with Gasteiger partial charge in [0, 0.05) is 37.0 Å². The van der Waals surface area contributed by atoms with E-state index in [-0.39, 0.29) is 25.7 Å². The van der Waals surface area contributed by atoms with Crippen molar-refractivity contribution < 1.29 is 18.7 Å². The zero-order chi connectivity index (χ0) is 19.1. The van der Waals surface area contributed by atoms with E-state index in [9.17, 15) is 9.18 Å². The lowest BCUT2D eigenvalue weighted by molar-refractivity contribution is -0.120. The molecule has 1 aromatic heterocycles. The Morgan fingerprint density at radius 1 is 1.21 bits per heavy atom. The van der Waals surface area contributed by atoms with Crippen molar-refractivity contribution in [2.24, 2.45) is 0 Å². The van der Waals surface area contributed by atoms with Gasteiger partial charge in [0.25, 0.3) is 5.88 Å². The van der Waals surface area contributed by atoms with Gasteiger partial charge in [-0.05, 0) is 42.5 Å². The van der Waals surface area contributed by atoms with Crippen molar-refractivity contribution in [3.63, 3.8) is 0 Å². The molecule has 7 heteroatoms. The average Bonchev–Trinajstić information content (AvgIpc) is 3.31. The van der Waals surface area contributed by atoms with Crippen LogP contribution >= 0.6 is 0 Å². The number of rotatable bonds is 5. The largest absolute Gasteiger partial charge is 0.451 e. The first-order valence-corrected chi connectivity index (χ1v) is 9.70. The third kappa shape index (κ3) is 3.42. The number of fused-ring (bicyclic) bond motifs is 1. The van der Waals surface area contributed by atoms with Gasteiger partial charge in [0.15, 0.2) is 5.75 Å². The molecule has 1 amide bonds. The molecule has 3 aliphatic rings. The van der Waals surface area contributed by atoms with Gasteiger partial charge >= 0.3 is 0 Å². The van der Waals surface area contributed by atoms with Gasteiger partial charge in [0.2, 0.25) is 12.7 Å². The fourth-order valence-corrected chi connectivity index (χ4v) is 3.99. The highest BCUT2D eigenvalue weighted by Crippen LogP contribution is 2.40. The van der Waals surface area contributed by atoms with Crippen LogP contribution < -0.4 is 14.8 Å². The molecule has 0 radical (unpaired) electrons. The van der Waals surface area contributed by atoms with Crippen LogP contribution in [0.1, 0.15) is 36.3 Å². The van der Waals surface area contributed by atoms with Gasteiger partial charge in [-0.3, -0.25) is 9.69 Å². The van der Waals surface area contributed by atoms with Gasteiger partial charge in [0.1, 0.15) is 6.17 Å². The number of hydrogen-bond donors (Lipinski definition) is 1. The number of benzene rings is 1. The minimum Gasteiger partial charge on any atom is -0.451 e. The van der Waals surface area contributed by atoms with E-state index < -0.39 is 12.2 Å². The van der Waals surface area contributed by atoms with Crippen LogP contribution in [0, 0.1) is 0 Å². The van der Waals surface area contributed by atoms with Crippen LogP contribution in [0.4, 0.5) is 10.1 Å². The van der Waals surface area contributed by atoms with Crippen LogP contribution in [0.25, 0.3) is 0 Å². The molecule has 1 aliphatic carbocycles. The van der Waals surface area contributed by atoms with Crippen LogP contribution in [0.5, 0.6) is 11.6 Å². The Morgan fingerprint density at radius 2 is 2.04 bits per heavy atom. The molecule has 2 fully saturated rings. The van der Waals surface area contributed by atoms with E-state index in [0.29, 0.717) is 24.1 Å². The van der Waals surface area contributed by atoms with Crippen molar-refractivity contribution in [1.29, 1.82) is 0 Å². The number of nitrogens with one attached hydrogen (secondary N) is 1. The number of halogens is 1. The second-order valence-corrected chi connectivity index (χ2v) is 7.67. The second-order valence-electron chi connectivity index (χ2n) is 7.67. The topological polar surface area (TPSA) is 63.7 Å². The van der Waals surface area contributed by atoms with Gasteiger partial charge in [-0.2, -0.15) is 0 Å². The van der Waals surface area contributed by atoms with E-state index in [1.807, 2.05) is 23.1 Å². The fourth-order valence-electron chi connectivity index (χ4n) is 3.99. The molecule has 2 aliphatic heterocycles. The number of ether oxygens (including phenoxy) is 2. The van der Waals surface area contributed by atoms with Crippen molar-refractivity contribution in [2.45, 2.75) is 43.9 Å². The number of carbonyl (C=O) groups is 1. The second kappa shape index (κ2) is 7.05. The summed E-state index contributed by atoms with van der Waals surface area (Å²) in [5, 5.41) is 2.94. The van der Waals surface area contributed by atoms with E-state index in [0.717, 1.165) is 11.3 Å². The molecule has 146 valence electrons. The molecule has 0 spiro atoms. The number of hydrogen-bond acceptors (Lipinski definition) is 5. The van der Waals surface area contributed by atoms with Gasteiger partial charge in [-0.25, -0.2) is 9.37 Å². The number of alkyl halides is 1. The molecular weight excluding hydrogens is 361 g/mol. The average molecular weight is 383 g/mol. The predicted molar refractivity (Wildman–Crippen MR) is 101 cm³/mol. The van der Waals surface area contributed by atoms with Crippen molar-refractivity contribution in [1.82, 2.24) is 9.88 Å². The summed E-state index contributed by atoms with van der Waals surface area (Å²) >= 11 is 0. The van der Waals surface area contributed by atoms with Crippen LogP contribution in [0.3, 0.4) is 0 Å². The quantitative estimate of drug-likeness (QED) is 0.859. The Balaban J connectivity index is 1.29. The highest BCUT2D eigenvalue weighted by Gasteiger charge is 2.38. The summed E-state index contributed by atoms with van der Waals surface area (Å²) in [6, 6.07) is 9.29. The number of pyridine rings is 1. The molecule has 2 aromatic rings. The van der Waals surface area contributed by atoms with Gasteiger partial charge in [-0.15, -0.1) is 0 Å². The smallest absolute Gasteiger partial charge is 0.260 e. The number of anilines is 1. The number of aromatic nitrogens is 1. The maximum Gasteiger partial charge on any atom is 0.260 e. The highest BCUT2D eigenvalue weighted by atomic mass is 19.1. The van der Waals surface area contributed by atoms with E-state index in [4.69, 9.17) is 9.47 Å². The van der Waals surface area contributed by atoms with Crippen LogP contribution in [0.2, 0.25) is 0 Å². The normalized spacial score (nSPS) is 23.8. The molecule has 1 aromatic carbocycles. The third-order valence-electron chi connectivity index (χ3n) is 5.61. The molecular formula is C21H22FN3O3. The maximum atomic E-state index is 14.2. The Morgan fingerprint density at radius 3 is 2.82 bits per heavy atom. The fraction of sp³-hybridized carbons (Fsp3) is 0.429. The lowest BCUT2D eigenvalue weighted by Gasteiger charge is -2.23. The van der Waals surface area contributed by atoms with Gasteiger partial charge < -0.3 is 14.8 Å². The molecule has 6 nitrogen and oxygen atoms in total. The Hall–Kier alpha value is -2.67. The summed E-state index contributed by atoms with van der Waals surface area (Å²) in [5.41, 5.74) is 2.92. The lowest BCUT2D eigenvalue weighted by atomic mass is 10.1. The zero-order valence-corrected chi connectivity index (χ0v) is 15.4. The summed E-state index contributed by atoms with van der Waals surface area (Å²) < 4.78 is 24.9. The Bertz CT molecular complexity index is 885. The monoisotopic (exact) mass is 383 g/mol. The van der Waals surface area contributed by atoms with Gasteiger partial charge in [-0.1, -0.05) is 12.1 Å². The van der Waals surface area contributed by atoms with Crippen molar-refractivity contribution in [2.75, 3.05) is 18.7 Å². The highest BCUT2D eigenvalue weighted by molar-refractivity contribution is 5.95. The van der Waals surface area contributed by atoms with Crippen molar-refractivity contribution >= 4 is 11.6 Å². The van der Waals surface area contributed by atoms with E-state index in [2.05, 4.69) is 22.4 Å². The summed E-state index contributed by atoms with van der Waals surface area (Å²) in [6.07, 6.45) is 3.29. The summed E-state index contributed by atoms with van der Waals surface area (Å²) in [6.45, 7) is 0.760. The van der Waals surface area contributed by atoms with Crippen LogP contribution in [-0.2, 0) is 11.3 Å². The van der Waals surface area contributed by atoms with E-state index in [1.54, 1.807) is 6.20 Å². The maximum absolute atomic E-state index is 14.2. The lowest BCUT2D eigenvalue weighted by Crippen LogP contribution is -2.39. The molecule has 0 bridgehead atoms. The number of nitrogens with zero attached hydrogens (tertiary/aromatic N) is 2. The first-order valence-electron chi connectivity index (χ1n) is 9.70. The molecule has 2 atom stereocenters. The van der Waals surface area contributed by atoms with Crippen molar-refractivity contribution in [3.05, 3.63) is 47.7 Å².